The number of fused-ring (bicyclic) bond motifs is 2. The quantitative estimate of drug-likeness (QED) is 0.738. The molecular formula is C17H17N3O. The maximum atomic E-state index is 6.02. The predicted octanol–water partition coefficient (Wildman–Crippen LogP) is 3.35. The molecule has 0 N–H and O–H groups in total. The first-order valence-electron chi connectivity index (χ1n) is 7.43. The minimum absolute atomic E-state index is 0.400. The van der Waals surface area contributed by atoms with Crippen LogP contribution in [-0.2, 0) is 19.6 Å². The number of hydrogen-bond acceptors (Lipinski definition) is 3. The molecule has 1 aliphatic rings. The fourth-order valence-electron chi connectivity index (χ4n) is 3.02. The van der Waals surface area contributed by atoms with Gasteiger partial charge >= 0.3 is 0 Å². The lowest BCUT2D eigenvalue weighted by molar-refractivity contribution is 0.220. The molecule has 0 atom stereocenters. The highest BCUT2D eigenvalue weighted by atomic mass is 16.5. The molecule has 2 aromatic carbocycles. The average molecular weight is 279 g/mol. The summed E-state index contributed by atoms with van der Waals surface area (Å²) in [7, 11) is 0. The lowest BCUT2D eigenvalue weighted by Crippen LogP contribution is -2.10. The molecule has 0 fully saturated rings. The van der Waals surface area contributed by atoms with E-state index in [9.17, 15) is 0 Å². The zero-order chi connectivity index (χ0) is 14.1. The zero-order valence-electron chi connectivity index (χ0n) is 11.8. The number of nitrogens with zero attached hydrogens (tertiary/aromatic N) is 3. The normalized spacial score (nSPS) is 14.1. The highest BCUT2D eigenvalue weighted by Crippen LogP contribution is 2.29. The van der Waals surface area contributed by atoms with Gasteiger partial charge in [-0.2, -0.15) is 0 Å². The van der Waals surface area contributed by atoms with Crippen LogP contribution in [0.15, 0.2) is 42.5 Å². The molecule has 0 aliphatic heterocycles. The largest absolute Gasteiger partial charge is 0.471 e. The van der Waals surface area contributed by atoms with Crippen LogP contribution in [0.4, 0.5) is 0 Å². The van der Waals surface area contributed by atoms with Crippen LogP contribution in [0.5, 0.6) is 5.75 Å². The molecule has 106 valence electrons. The molecule has 0 radical (unpaired) electrons. The van der Waals surface area contributed by atoms with Crippen LogP contribution in [0.2, 0.25) is 0 Å². The van der Waals surface area contributed by atoms with Crippen molar-refractivity contribution in [3.63, 3.8) is 0 Å². The Morgan fingerprint density at radius 2 is 1.90 bits per heavy atom. The fourth-order valence-corrected chi connectivity index (χ4v) is 3.02. The molecule has 4 rings (SSSR count). The number of rotatable bonds is 3. The number of ether oxygens (including phenoxy) is 1. The van der Waals surface area contributed by atoms with Gasteiger partial charge in [-0.3, -0.25) is 0 Å². The summed E-state index contributed by atoms with van der Waals surface area (Å²) in [5, 5.41) is 8.32. The van der Waals surface area contributed by atoms with Crippen molar-refractivity contribution in [2.75, 3.05) is 0 Å². The molecule has 0 unspecified atom stereocenters. The maximum Gasteiger partial charge on any atom is 0.183 e. The molecule has 1 heterocycles. The zero-order valence-corrected chi connectivity index (χ0v) is 11.8. The Bertz CT molecular complexity index is 779. The molecule has 0 spiro atoms. The Balaban J connectivity index is 1.60. The second kappa shape index (κ2) is 5.20. The van der Waals surface area contributed by atoms with E-state index in [4.69, 9.17) is 4.74 Å². The molecule has 0 saturated heterocycles. The second-order valence-electron chi connectivity index (χ2n) is 5.45. The van der Waals surface area contributed by atoms with Crippen LogP contribution in [-0.4, -0.2) is 15.0 Å². The Morgan fingerprint density at radius 1 is 1.00 bits per heavy atom. The molecule has 0 amide bonds. The van der Waals surface area contributed by atoms with Crippen molar-refractivity contribution in [1.29, 1.82) is 0 Å². The Labute approximate surface area is 123 Å². The van der Waals surface area contributed by atoms with Crippen LogP contribution >= 0.6 is 0 Å². The van der Waals surface area contributed by atoms with E-state index in [1.54, 1.807) is 4.68 Å². The van der Waals surface area contributed by atoms with Crippen molar-refractivity contribution in [2.24, 2.45) is 0 Å². The van der Waals surface area contributed by atoms with Crippen molar-refractivity contribution in [3.05, 3.63) is 53.6 Å². The van der Waals surface area contributed by atoms with Crippen molar-refractivity contribution in [3.8, 4) is 5.75 Å². The third-order valence-electron chi connectivity index (χ3n) is 4.12. The van der Waals surface area contributed by atoms with Crippen LogP contribution in [0.25, 0.3) is 11.0 Å². The van der Waals surface area contributed by atoms with Crippen LogP contribution in [0.3, 0.4) is 0 Å². The number of para-hydroxylation sites is 1. The number of benzene rings is 2. The third kappa shape index (κ3) is 2.27. The predicted molar refractivity (Wildman–Crippen MR) is 81.2 cm³/mol. The summed E-state index contributed by atoms with van der Waals surface area (Å²) in [5.74, 6) is 0.992. The summed E-state index contributed by atoms with van der Waals surface area (Å²) in [4.78, 5) is 0. The van der Waals surface area contributed by atoms with Crippen molar-refractivity contribution in [1.82, 2.24) is 15.0 Å². The van der Waals surface area contributed by atoms with E-state index in [0.717, 1.165) is 23.2 Å². The van der Waals surface area contributed by atoms with E-state index in [-0.39, 0.29) is 0 Å². The summed E-state index contributed by atoms with van der Waals surface area (Å²) in [6, 6.07) is 14.3. The molecule has 0 bridgehead atoms. The minimum atomic E-state index is 0.400. The SMILES string of the molecule is c1cc2c(c(OCn3nnc4ccccc43)c1)CCCC2. The first-order chi connectivity index (χ1) is 10.4. The Hall–Kier alpha value is -2.36. The third-order valence-corrected chi connectivity index (χ3v) is 4.12. The maximum absolute atomic E-state index is 6.02. The number of hydrogen-bond donors (Lipinski definition) is 0. The van der Waals surface area contributed by atoms with Gasteiger partial charge in [-0.25, -0.2) is 4.68 Å². The van der Waals surface area contributed by atoms with Gasteiger partial charge in [0.25, 0.3) is 0 Å². The summed E-state index contributed by atoms with van der Waals surface area (Å²) < 4.78 is 7.82. The molecule has 21 heavy (non-hydrogen) atoms. The van der Waals surface area contributed by atoms with Crippen molar-refractivity contribution < 1.29 is 4.74 Å². The van der Waals surface area contributed by atoms with Gasteiger partial charge in [0.1, 0.15) is 11.3 Å². The molecule has 1 aliphatic carbocycles. The fraction of sp³-hybridized carbons (Fsp3) is 0.294. The van der Waals surface area contributed by atoms with Crippen molar-refractivity contribution in [2.45, 2.75) is 32.4 Å². The van der Waals surface area contributed by atoms with E-state index in [1.807, 2.05) is 24.3 Å². The van der Waals surface area contributed by atoms with Gasteiger partial charge in [-0.15, -0.1) is 5.10 Å². The molecular weight excluding hydrogens is 262 g/mol. The van der Waals surface area contributed by atoms with Gasteiger partial charge in [-0.1, -0.05) is 29.5 Å². The standard InChI is InChI=1S/C17H17N3O/c1-2-8-14-13(6-1)7-5-11-17(14)21-12-20-16-10-4-3-9-15(16)18-19-20/h3-5,7,9-11H,1-2,6,8,12H2. The number of aryl methyl sites for hydroxylation is 1. The topological polar surface area (TPSA) is 39.9 Å². The van der Waals surface area contributed by atoms with E-state index in [0.29, 0.717) is 6.73 Å². The molecule has 3 aromatic rings. The molecule has 1 aromatic heterocycles. The van der Waals surface area contributed by atoms with Crippen LogP contribution in [0, 0.1) is 0 Å². The van der Waals surface area contributed by atoms with Gasteiger partial charge in [0, 0.05) is 0 Å². The highest BCUT2D eigenvalue weighted by molar-refractivity contribution is 5.73. The average Bonchev–Trinajstić information content (AvgIpc) is 2.96. The van der Waals surface area contributed by atoms with Crippen molar-refractivity contribution >= 4 is 11.0 Å². The van der Waals surface area contributed by atoms with Crippen LogP contribution in [0.1, 0.15) is 24.0 Å². The smallest absolute Gasteiger partial charge is 0.183 e. The summed E-state index contributed by atoms with van der Waals surface area (Å²) in [6.45, 7) is 0.400. The Morgan fingerprint density at radius 3 is 2.90 bits per heavy atom. The second-order valence-corrected chi connectivity index (χ2v) is 5.45. The first-order valence-corrected chi connectivity index (χ1v) is 7.43. The van der Waals surface area contributed by atoms with Gasteiger partial charge in [0.05, 0.1) is 5.52 Å². The highest BCUT2D eigenvalue weighted by Gasteiger charge is 2.14. The van der Waals surface area contributed by atoms with Gasteiger partial charge in [0.15, 0.2) is 6.73 Å². The summed E-state index contributed by atoms with van der Waals surface area (Å²) in [6.07, 6.45) is 4.81. The monoisotopic (exact) mass is 279 g/mol. The van der Waals surface area contributed by atoms with E-state index < -0.39 is 0 Å². The Kier molecular flexibility index (Phi) is 3.07. The van der Waals surface area contributed by atoms with Crippen LogP contribution < -0.4 is 4.74 Å². The lowest BCUT2D eigenvalue weighted by atomic mass is 9.91. The van der Waals surface area contributed by atoms with E-state index in [1.165, 1.54) is 30.4 Å². The number of aromatic nitrogens is 3. The van der Waals surface area contributed by atoms with E-state index in [2.05, 4.69) is 28.5 Å². The lowest BCUT2D eigenvalue weighted by Gasteiger charge is -2.19. The first kappa shape index (κ1) is 12.4. The molecule has 4 heteroatoms. The van der Waals surface area contributed by atoms with Gasteiger partial charge in [0.2, 0.25) is 0 Å². The molecule has 4 nitrogen and oxygen atoms in total. The summed E-state index contributed by atoms with van der Waals surface area (Å²) in [5.41, 5.74) is 4.70. The van der Waals surface area contributed by atoms with Gasteiger partial charge < -0.3 is 4.74 Å². The molecule has 0 saturated carbocycles. The van der Waals surface area contributed by atoms with E-state index >= 15 is 0 Å². The van der Waals surface area contributed by atoms with Gasteiger partial charge in [-0.05, 0) is 55.0 Å². The summed E-state index contributed by atoms with van der Waals surface area (Å²) >= 11 is 0. The minimum Gasteiger partial charge on any atom is -0.471 e.